The lowest BCUT2D eigenvalue weighted by Crippen LogP contribution is -2.28. The number of hydrogen-bond donors (Lipinski definition) is 0. The molecule has 1 rings (SSSR count). The van der Waals surface area contributed by atoms with E-state index in [2.05, 4.69) is 13.8 Å². The van der Waals surface area contributed by atoms with E-state index in [1.807, 2.05) is 0 Å². The predicted octanol–water partition coefficient (Wildman–Crippen LogP) is 3.94. The number of esters is 1. The van der Waals surface area contributed by atoms with Crippen molar-refractivity contribution < 1.29 is 9.53 Å². The molecule has 0 saturated heterocycles. The molecule has 0 aromatic heterocycles. The summed E-state index contributed by atoms with van der Waals surface area (Å²) < 4.78 is 5.38. The normalized spacial score (nSPS) is 25.4. The molecule has 2 unspecified atom stereocenters. The van der Waals surface area contributed by atoms with Crippen molar-refractivity contribution in [1.29, 1.82) is 0 Å². The third kappa shape index (κ3) is 4.15. The van der Waals surface area contributed by atoms with Gasteiger partial charge in [0.25, 0.3) is 0 Å². The molecule has 0 aliphatic heterocycles. The first-order valence-corrected chi connectivity index (χ1v) is 6.96. The van der Waals surface area contributed by atoms with Gasteiger partial charge in [-0.25, -0.2) is 0 Å². The molecular formula is C14H26O2. The van der Waals surface area contributed by atoms with Crippen molar-refractivity contribution in [2.24, 2.45) is 11.8 Å². The van der Waals surface area contributed by atoms with Crippen molar-refractivity contribution >= 4 is 5.97 Å². The van der Waals surface area contributed by atoms with Gasteiger partial charge in [-0.2, -0.15) is 0 Å². The van der Waals surface area contributed by atoms with Gasteiger partial charge in [-0.15, -0.1) is 0 Å². The van der Waals surface area contributed by atoms with Crippen LogP contribution in [-0.2, 0) is 9.53 Å². The Labute approximate surface area is 99.8 Å². The Bertz CT molecular complexity index is 201. The Morgan fingerprint density at radius 1 is 1.19 bits per heavy atom. The largest absolute Gasteiger partial charge is 0.465 e. The van der Waals surface area contributed by atoms with Crippen LogP contribution in [0.2, 0.25) is 0 Å². The van der Waals surface area contributed by atoms with E-state index < -0.39 is 0 Å². The van der Waals surface area contributed by atoms with Gasteiger partial charge in [0.05, 0.1) is 12.5 Å². The lowest BCUT2D eigenvalue weighted by molar-refractivity contribution is -0.152. The maximum atomic E-state index is 11.9. The molecule has 1 aliphatic carbocycles. The van der Waals surface area contributed by atoms with E-state index in [0.29, 0.717) is 12.5 Å². The molecule has 0 aromatic rings. The van der Waals surface area contributed by atoms with Gasteiger partial charge in [0, 0.05) is 0 Å². The van der Waals surface area contributed by atoms with Crippen LogP contribution in [0.5, 0.6) is 0 Å². The minimum absolute atomic E-state index is 0.0719. The highest BCUT2D eigenvalue weighted by molar-refractivity contribution is 5.72. The van der Waals surface area contributed by atoms with E-state index in [-0.39, 0.29) is 11.9 Å². The zero-order valence-corrected chi connectivity index (χ0v) is 10.8. The van der Waals surface area contributed by atoms with E-state index in [4.69, 9.17) is 4.74 Å². The van der Waals surface area contributed by atoms with E-state index in [1.165, 1.54) is 25.7 Å². The van der Waals surface area contributed by atoms with Crippen LogP contribution in [0, 0.1) is 11.8 Å². The first-order valence-electron chi connectivity index (χ1n) is 6.96. The van der Waals surface area contributed by atoms with Crippen molar-refractivity contribution in [3.63, 3.8) is 0 Å². The van der Waals surface area contributed by atoms with E-state index >= 15 is 0 Å². The van der Waals surface area contributed by atoms with Crippen LogP contribution >= 0.6 is 0 Å². The molecule has 1 fully saturated rings. The zero-order chi connectivity index (χ0) is 11.8. The molecule has 2 atom stereocenters. The van der Waals surface area contributed by atoms with E-state index in [1.54, 1.807) is 0 Å². The van der Waals surface area contributed by atoms with E-state index in [0.717, 1.165) is 25.7 Å². The molecule has 0 aromatic carbocycles. The summed E-state index contributed by atoms with van der Waals surface area (Å²) >= 11 is 0. The van der Waals surface area contributed by atoms with Gasteiger partial charge in [-0.3, -0.25) is 4.79 Å². The third-order valence-electron chi connectivity index (χ3n) is 3.73. The Kier molecular flexibility index (Phi) is 6.51. The minimum atomic E-state index is 0.0719. The smallest absolute Gasteiger partial charge is 0.309 e. The second-order valence-electron chi connectivity index (χ2n) is 4.93. The molecule has 16 heavy (non-hydrogen) atoms. The Morgan fingerprint density at radius 3 is 2.62 bits per heavy atom. The molecular weight excluding hydrogens is 200 g/mol. The fourth-order valence-electron chi connectivity index (χ4n) is 2.64. The quantitative estimate of drug-likeness (QED) is 0.506. The molecule has 2 heteroatoms. The molecule has 0 spiro atoms. The summed E-state index contributed by atoms with van der Waals surface area (Å²) in [6, 6.07) is 0. The topological polar surface area (TPSA) is 26.3 Å². The minimum Gasteiger partial charge on any atom is -0.465 e. The van der Waals surface area contributed by atoms with Crippen LogP contribution in [0.15, 0.2) is 0 Å². The van der Waals surface area contributed by atoms with Crippen molar-refractivity contribution in [3.05, 3.63) is 0 Å². The van der Waals surface area contributed by atoms with Crippen molar-refractivity contribution in [1.82, 2.24) is 0 Å². The average molecular weight is 226 g/mol. The molecule has 0 radical (unpaired) electrons. The van der Waals surface area contributed by atoms with Crippen LogP contribution in [-0.4, -0.2) is 12.6 Å². The van der Waals surface area contributed by atoms with Crippen LogP contribution in [0.25, 0.3) is 0 Å². The van der Waals surface area contributed by atoms with Crippen LogP contribution in [0.4, 0.5) is 0 Å². The van der Waals surface area contributed by atoms with Gasteiger partial charge in [0.2, 0.25) is 0 Å². The standard InChI is InChI=1S/C14H26O2/c1-3-5-8-11-16-14(15)13-10-7-6-9-12(13)4-2/h12-13H,3-11H2,1-2H3. The predicted molar refractivity (Wildman–Crippen MR) is 66.2 cm³/mol. The van der Waals surface area contributed by atoms with Gasteiger partial charge in [-0.05, 0) is 25.2 Å². The summed E-state index contributed by atoms with van der Waals surface area (Å²) in [6.07, 6.45) is 9.23. The summed E-state index contributed by atoms with van der Waals surface area (Å²) in [7, 11) is 0. The number of carbonyl (C=O) groups excluding carboxylic acids is 1. The van der Waals surface area contributed by atoms with Gasteiger partial charge in [0.15, 0.2) is 0 Å². The Hall–Kier alpha value is -0.530. The highest BCUT2D eigenvalue weighted by Crippen LogP contribution is 2.33. The summed E-state index contributed by atoms with van der Waals surface area (Å²) in [4.78, 5) is 11.9. The van der Waals surface area contributed by atoms with Crippen LogP contribution in [0.3, 0.4) is 0 Å². The number of hydrogen-bond acceptors (Lipinski definition) is 2. The molecule has 94 valence electrons. The average Bonchev–Trinajstić information content (AvgIpc) is 2.34. The van der Waals surface area contributed by atoms with Gasteiger partial charge < -0.3 is 4.74 Å². The fourth-order valence-corrected chi connectivity index (χ4v) is 2.64. The number of rotatable bonds is 6. The molecule has 1 saturated carbocycles. The zero-order valence-electron chi connectivity index (χ0n) is 10.8. The maximum absolute atomic E-state index is 11.9. The SMILES string of the molecule is CCCCCOC(=O)C1CCCCC1CC. The highest BCUT2D eigenvalue weighted by atomic mass is 16.5. The number of unbranched alkanes of at least 4 members (excludes halogenated alkanes) is 2. The van der Waals surface area contributed by atoms with Gasteiger partial charge >= 0.3 is 5.97 Å². The number of carbonyl (C=O) groups is 1. The molecule has 0 amide bonds. The lowest BCUT2D eigenvalue weighted by Gasteiger charge is -2.28. The second-order valence-corrected chi connectivity index (χ2v) is 4.93. The highest BCUT2D eigenvalue weighted by Gasteiger charge is 2.30. The second kappa shape index (κ2) is 7.70. The van der Waals surface area contributed by atoms with Crippen molar-refractivity contribution in [2.75, 3.05) is 6.61 Å². The lowest BCUT2D eigenvalue weighted by atomic mass is 9.78. The summed E-state index contributed by atoms with van der Waals surface area (Å²) in [6.45, 7) is 4.98. The molecule has 0 N–H and O–H groups in total. The first kappa shape index (κ1) is 13.5. The first-order chi connectivity index (χ1) is 7.79. The molecule has 0 bridgehead atoms. The third-order valence-corrected chi connectivity index (χ3v) is 3.73. The summed E-state index contributed by atoms with van der Waals surface area (Å²) in [5, 5.41) is 0. The summed E-state index contributed by atoms with van der Waals surface area (Å²) in [5.41, 5.74) is 0. The number of ether oxygens (including phenoxy) is 1. The van der Waals surface area contributed by atoms with Gasteiger partial charge in [-0.1, -0.05) is 46.0 Å². The van der Waals surface area contributed by atoms with Gasteiger partial charge in [0.1, 0.15) is 0 Å². The van der Waals surface area contributed by atoms with Crippen LogP contribution < -0.4 is 0 Å². The van der Waals surface area contributed by atoms with Crippen LogP contribution in [0.1, 0.15) is 65.2 Å². The maximum Gasteiger partial charge on any atom is 0.309 e. The fraction of sp³-hybridized carbons (Fsp3) is 0.929. The molecule has 0 heterocycles. The van der Waals surface area contributed by atoms with E-state index in [9.17, 15) is 4.79 Å². The monoisotopic (exact) mass is 226 g/mol. The molecule has 2 nitrogen and oxygen atoms in total. The van der Waals surface area contributed by atoms with Crippen molar-refractivity contribution in [2.45, 2.75) is 65.2 Å². The summed E-state index contributed by atoms with van der Waals surface area (Å²) in [5.74, 6) is 0.843. The molecule has 1 aliphatic rings. The Morgan fingerprint density at radius 2 is 1.94 bits per heavy atom. The van der Waals surface area contributed by atoms with Crippen molar-refractivity contribution in [3.8, 4) is 0 Å². The Balaban J connectivity index is 2.27.